The van der Waals surface area contributed by atoms with Crippen molar-refractivity contribution in [2.75, 3.05) is 29.9 Å². The van der Waals surface area contributed by atoms with Gasteiger partial charge < -0.3 is 10.2 Å². The van der Waals surface area contributed by atoms with E-state index in [4.69, 9.17) is 0 Å². The number of hydrogen-bond acceptors (Lipinski definition) is 4. The molecule has 0 aliphatic carbocycles. The third kappa shape index (κ3) is 5.39. The van der Waals surface area contributed by atoms with E-state index in [1.807, 2.05) is 51.1 Å². The molecule has 1 aliphatic rings. The van der Waals surface area contributed by atoms with E-state index in [9.17, 15) is 17.6 Å². The number of nitrogens with zero attached hydrogens (tertiary/aromatic N) is 2. The highest BCUT2D eigenvalue weighted by Crippen LogP contribution is 2.26. The summed E-state index contributed by atoms with van der Waals surface area (Å²) in [6.45, 7) is 7.15. The standard InChI is InChI=1S/C27H30FN3O3S/c1-4-21-8-10-22(11-9-21)29-27(32)25-17-24(12-13-26(25)28)35(33,34)30-14-15-31(20(3)18-30)23-7-5-6-19(2)16-23/h5-13,16-17,20H,4,14-15,18H2,1-3H3,(H,29,32)/t20-/m1/s1. The second-order valence-electron chi connectivity index (χ2n) is 8.89. The summed E-state index contributed by atoms with van der Waals surface area (Å²) < 4.78 is 42.7. The van der Waals surface area contributed by atoms with E-state index in [1.165, 1.54) is 10.4 Å². The van der Waals surface area contributed by atoms with Gasteiger partial charge in [-0.25, -0.2) is 12.8 Å². The number of carbonyl (C=O) groups is 1. The molecule has 1 atom stereocenters. The van der Waals surface area contributed by atoms with Crippen LogP contribution in [0.5, 0.6) is 0 Å². The lowest BCUT2D eigenvalue weighted by Crippen LogP contribution is -2.53. The van der Waals surface area contributed by atoms with Gasteiger partial charge in [-0.2, -0.15) is 4.31 Å². The number of benzene rings is 3. The van der Waals surface area contributed by atoms with Gasteiger partial charge in [0.2, 0.25) is 10.0 Å². The van der Waals surface area contributed by atoms with Crippen molar-refractivity contribution in [3.05, 3.63) is 89.2 Å². The number of aryl methyl sites for hydroxylation is 2. The third-order valence-corrected chi connectivity index (χ3v) is 8.22. The van der Waals surface area contributed by atoms with Crippen LogP contribution in [0.1, 0.15) is 35.3 Å². The fraction of sp³-hybridized carbons (Fsp3) is 0.296. The van der Waals surface area contributed by atoms with Gasteiger partial charge in [0.05, 0.1) is 10.5 Å². The van der Waals surface area contributed by atoms with E-state index in [0.717, 1.165) is 35.4 Å². The van der Waals surface area contributed by atoms with E-state index in [-0.39, 0.29) is 16.5 Å². The molecule has 4 rings (SSSR count). The van der Waals surface area contributed by atoms with Crippen molar-refractivity contribution in [1.29, 1.82) is 0 Å². The van der Waals surface area contributed by atoms with Crippen molar-refractivity contribution in [2.45, 2.75) is 38.1 Å². The second kappa shape index (κ2) is 10.2. The van der Waals surface area contributed by atoms with Crippen molar-refractivity contribution in [3.63, 3.8) is 0 Å². The van der Waals surface area contributed by atoms with E-state index >= 15 is 0 Å². The Hall–Kier alpha value is -3.23. The Balaban J connectivity index is 1.52. The molecule has 8 heteroatoms. The molecule has 184 valence electrons. The van der Waals surface area contributed by atoms with Crippen LogP contribution in [0.4, 0.5) is 15.8 Å². The van der Waals surface area contributed by atoms with Gasteiger partial charge in [0.15, 0.2) is 0 Å². The topological polar surface area (TPSA) is 69.7 Å². The van der Waals surface area contributed by atoms with Crippen LogP contribution in [0.15, 0.2) is 71.6 Å². The number of anilines is 2. The smallest absolute Gasteiger partial charge is 0.258 e. The molecule has 1 N–H and O–H groups in total. The average Bonchev–Trinajstić information content (AvgIpc) is 2.84. The number of hydrogen-bond donors (Lipinski definition) is 1. The predicted molar refractivity (Wildman–Crippen MR) is 137 cm³/mol. The Labute approximate surface area is 206 Å². The first-order chi connectivity index (χ1) is 16.7. The quantitative estimate of drug-likeness (QED) is 0.531. The van der Waals surface area contributed by atoms with Crippen molar-refractivity contribution < 1.29 is 17.6 Å². The van der Waals surface area contributed by atoms with Crippen molar-refractivity contribution in [1.82, 2.24) is 4.31 Å². The maximum Gasteiger partial charge on any atom is 0.258 e. The van der Waals surface area contributed by atoms with Gasteiger partial charge in [-0.1, -0.05) is 31.2 Å². The van der Waals surface area contributed by atoms with Gasteiger partial charge in [0, 0.05) is 37.1 Å². The average molecular weight is 496 g/mol. The summed E-state index contributed by atoms with van der Waals surface area (Å²) in [5, 5.41) is 2.65. The number of piperazine rings is 1. The fourth-order valence-corrected chi connectivity index (χ4v) is 5.88. The van der Waals surface area contributed by atoms with Gasteiger partial charge >= 0.3 is 0 Å². The van der Waals surface area contributed by atoms with Gasteiger partial charge in [0.25, 0.3) is 5.91 Å². The summed E-state index contributed by atoms with van der Waals surface area (Å²) in [5.41, 5.74) is 3.52. The molecule has 0 aromatic heterocycles. The molecule has 0 saturated carbocycles. The molecule has 3 aromatic carbocycles. The number of halogens is 1. The molecule has 1 saturated heterocycles. The maximum atomic E-state index is 14.5. The molecule has 3 aromatic rings. The van der Waals surface area contributed by atoms with E-state index in [0.29, 0.717) is 25.3 Å². The third-order valence-electron chi connectivity index (χ3n) is 6.36. The summed E-state index contributed by atoms with van der Waals surface area (Å²) in [6, 6.07) is 18.7. The predicted octanol–water partition coefficient (Wildman–Crippen LogP) is 4.85. The molecular weight excluding hydrogens is 465 g/mol. The molecule has 1 heterocycles. The molecule has 6 nitrogen and oxygen atoms in total. The first kappa shape index (κ1) is 24.9. The van der Waals surface area contributed by atoms with Crippen LogP contribution < -0.4 is 10.2 Å². The van der Waals surface area contributed by atoms with Crippen molar-refractivity contribution >= 4 is 27.3 Å². The van der Waals surface area contributed by atoms with Crippen LogP contribution in [0.3, 0.4) is 0 Å². The Morgan fingerprint density at radius 2 is 1.80 bits per heavy atom. The van der Waals surface area contributed by atoms with Gasteiger partial charge in [-0.3, -0.25) is 4.79 Å². The highest BCUT2D eigenvalue weighted by atomic mass is 32.2. The van der Waals surface area contributed by atoms with E-state index in [2.05, 4.69) is 16.3 Å². The Bertz CT molecular complexity index is 1330. The van der Waals surface area contributed by atoms with Gasteiger partial charge in [-0.05, 0) is 73.9 Å². The maximum absolute atomic E-state index is 14.5. The monoisotopic (exact) mass is 495 g/mol. The van der Waals surface area contributed by atoms with E-state index in [1.54, 1.807) is 12.1 Å². The minimum Gasteiger partial charge on any atom is -0.366 e. The fourth-order valence-electron chi connectivity index (χ4n) is 4.34. The van der Waals surface area contributed by atoms with Crippen LogP contribution >= 0.6 is 0 Å². The Kier molecular flexibility index (Phi) is 7.23. The summed E-state index contributed by atoms with van der Waals surface area (Å²) in [6.07, 6.45) is 0.862. The summed E-state index contributed by atoms with van der Waals surface area (Å²) in [7, 11) is -3.90. The SMILES string of the molecule is CCc1ccc(NC(=O)c2cc(S(=O)(=O)N3CCN(c4cccc(C)c4)[C@H](C)C3)ccc2F)cc1. The molecule has 0 unspecified atom stereocenters. The number of nitrogens with one attached hydrogen (secondary N) is 1. The number of carbonyl (C=O) groups excluding carboxylic acids is 1. The largest absolute Gasteiger partial charge is 0.366 e. The molecule has 1 aliphatic heterocycles. The first-order valence-corrected chi connectivity index (χ1v) is 13.2. The van der Waals surface area contributed by atoms with Gasteiger partial charge in [0.1, 0.15) is 5.82 Å². The second-order valence-corrected chi connectivity index (χ2v) is 10.8. The zero-order valence-corrected chi connectivity index (χ0v) is 21.0. The molecule has 35 heavy (non-hydrogen) atoms. The van der Waals surface area contributed by atoms with Crippen LogP contribution in [-0.2, 0) is 16.4 Å². The lowest BCUT2D eigenvalue weighted by atomic mass is 10.1. The van der Waals surface area contributed by atoms with Crippen LogP contribution in [-0.4, -0.2) is 44.3 Å². The zero-order chi connectivity index (χ0) is 25.2. The van der Waals surface area contributed by atoms with Crippen molar-refractivity contribution in [2.24, 2.45) is 0 Å². The van der Waals surface area contributed by atoms with Gasteiger partial charge in [-0.15, -0.1) is 0 Å². The van der Waals surface area contributed by atoms with Crippen molar-refractivity contribution in [3.8, 4) is 0 Å². The first-order valence-electron chi connectivity index (χ1n) is 11.7. The molecule has 0 bridgehead atoms. The van der Waals surface area contributed by atoms with Crippen LogP contribution in [0, 0.1) is 12.7 Å². The van der Waals surface area contributed by atoms with E-state index < -0.39 is 21.7 Å². The number of rotatable bonds is 6. The molecular formula is C27H30FN3O3S. The lowest BCUT2D eigenvalue weighted by molar-refractivity contribution is 0.102. The lowest BCUT2D eigenvalue weighted by Gasteiger charge is -2.40. The Morgan fingerprint density at radius 1 is 1.06 bits per heavy atom. The number of amides is 1. The summed E-state index contributed by atoms with van der Waals surface area (Å²) in [5.74, 6) is -1.47. The Morgan fingerprint density at radius 3 is 2.46 bits per heavy atom. The summed E-state index contributed by atoms with van der Waals surface area (Å²) >= 11 is 0. The molecule has 1 fully saturated rings. The number of sulfonamides is 1. The molecule has 0 radical (unpaired) electrons. The highest BCUT2D eigenvalue weighted by molar-refractivity contribution is 7.89. The zero-order valence-electron chi connectivity index (χ0n) is 20.2. The summed E-state index contributed by atoms with van der Waals surface area (Å²) in [4.78, 5) is 14.8. The highest BCUT2D eigenvalue weighted by Gasteiger charge is 2.33. The molecule has 1 amide bonds. The minimum atomic E-state index is -3.90. The van der Waals surface area contributed by atoms with Crippen LogP contribution in [0.2, 0.25) is 0 Å². The normalized spacial score (nSPS) is 16.8. The minimum absolute atomic E-state index is 0.0466. The molecule has 0 spiro atoms. The van der Waals surface area contributed by atoms with Crippen LogP contribution in [0.25, 0.3) is 0 Å².